The standard InChI is InChI=1S/C14H14O2S/c1-10-4-5-11(6-7-14(15)16)9-12(10)13-3-2-8-17-13/h2-5,8-9H,6-7H2,1H3,(H,15,16). The second-order valence-electron chi connectivity index (χ2n) is 4.02. The van der Waals surface area contributed by atoms with Gasteiger partial charge in [-0.15, -0.1) is 11.3 Å². The average molecular weight is 246 g/mol. The third-order valence-electron chi connectivity index (χ3n) is 2.72. The Bertz CT molecular complexity index is 515. The molecule has 0 saturated carbocycles. The number of hydrogen-bond acceptors (Lipinski definition) is 2. The Kier molecular flexibility index (Phi) is 3.59. The van der Waals surface area contributed by atoms with Crippen molar-refractivity contribution in [1.29, 1.82) is 0 Å². The molecule has 2 aromatic rings. The van der Waals surface area contributed by atoms with Crippen molar-refractivity contribution in [3.8, 4) is 10.4 Å². The van der Waals surface area contributed by atoms with E-state index in [1.54, 1.807) is 11.3 Å². The molecule has 0 spiro atoms. The number of carboxylic acids is 1. The van der Waals surface area contributed by atoms with Gasteiger partial charge in [0.1, 0.15) is 0 Å². The smallest absolute Gasteiger partial charge is 0.303 e. The second-order valence-corrected chi connectivity index (χ2v) is 4.97. The Hall–Kier alpha value is -1.61. The van der Waals surface area contributed by atoms with E-state index in [9.17, 15) is 4.79 Å². The first-order chi connectivity index (χ1) is 8.16. The maximum atomic E-state index is 10.6. The summed E-state index contributed by atoms with van der Waals surface area (Å²) in [4.78, 5) is 11.8. The minimum atomic E-state index is -0.747. The molecule has 0 aliphatic rings. The Balaban J connectivity index is 2.27. The SMILES string of the molecule is Cc1ccc(CCC(=O)O)cc1-c1cccs1. The van der Waals surface area contributed by atoms with Gasteiger partial charge < -0.3 is 5.11 Å². The minimum Gasteiger partial charge on any atom is -0.481 e. The molecule has 0 radical (unpaired) electrons. The van der Waals surface area contributed by atoms with Crippen molar-refractivity contribution in [2.75, 3.05) is 0 Å². The zero-order valence-electron chi connectivity index (χ0n) is 9.64. The summed E-state index contributed by atoms with van der Waals surface area (Å²) in [5, 5.41) is 10.7. The summed E-state index contributed by atoms with van der Waals surface area (Å²) < 4.78 is 0. The van der Waals surface area contributed by atoms with Crippen molar-refractivity contribution >= 4 is 17.3 Å². The summed E-state index contributed by atoms with van der Waals surface area (Å²) in [6, 6.07) is 10.3. The fraction of sp³-hybridized carbons (Fsp3) is 0.214. The highest BCUT2D eigenvalue weighted by molar-refractivity contribution is 7.13. The van der Waals surface area contributed by atoms with Crippen LogP contribution < -0.4 is 0 Å². The summed E-state index contributed by atoms with van der Waals surface area (Å²) in [6.07, 6.45) is 0.779. The lowest BCUT2D eigenvalue weighted by atomic mass is 10.0. The molecule has 1 aromatic carbocycles. The molecule has 0 saturated heterocycles. The van der Waals surface area contributed by atoms with Crippen LogP contribution in [0.5, 0.6) is 0 Å². The normalized spacial score (nSPS) is 10.4. The van der Waals surface area contributed by atoms with Crippen LogP contribution in [-0.2, 0) is 11.2 Å². The lowest BCUT2D eigenvalue weighted by Crippen LogP contribution is -1.97. The van der Waals surface area contributed by atoms with Gasteiger partial charge in [0, 0.05) is 11.3 Å². The molecule has 88 valence electrons. The summed E-state index contributed by atoms with van der Waals surface area (Å²) >= 11 is 1.71. The van der Waals surface area contributed by atoms with Gasteiger partial charge >= 0.3 is 5.97 Å². The molecule has 3 heteroatoms. The van der Waals surface area contributed by atoms with Crippen LogP contribution in [0.3, 0.4) is 0 Å². The molecule has 1 N–H and O–H groups in total. The molecule has 0 atom stereocenters. The quantitative estimate of drug-likeness (QED) is 0.892. The summed E-state index contributed by atoms with van der Waals surface area (Å²) in [7, 11) is 0. The van der Waals surface area contributed by atoms with E-state index in [4.69, 9.17) is 5.11 Å². The van der Waals surface area contributed by atoms with Crippen molar-refractivity contribution in [2.24, 2.45) is 0 Å². The van der Waals surface area contributed by atoms with Gasteiger partial charge in [-0.05, 0) is 41.5 Å². The molecule has 0 bridgehead atoms. The molecule has 1 heterocycles. The molecule has 0 aliphatic heterocycles. The van der Waals surface area contributed by atoms with Crippen molar-refractivity contribution in [2.45, 2.75) is 19.8 Å². The van der Waals surface area contributed by atoms with Crippen molar-refractivity contribution in [3.05, 3.63) is 46.8 Å². The molecule has 1 aromatic heterocycles. The monoisotopic (exact) mass is 246 g/mol. The van der Waals surface area contributed by atoms with E-state index in [1.165, 1.54) is 16.0 Å². The van der Waals surface area contributed by atoms with Crippen LogP contribution in [0.15, 0.2) is 35.7 Å². The van der Waals surface area contributed by atoms with E-state index in [1.807, 2.05) is 12.1 Å². The van der Waals surface area contributed by atoms with E-state index >= 15 is 0 Å². The third kappa shape index (κ3) is 2.94. The van der Waals surface area contributed by atoms with E-state index < -0.39 is 5.97 Å². The van der Waals surface area contributed by atoms with Gasteiger partial charge in [-0.1, -0.05) is 24.3 Å². The first kappa shape index (κ1) is 11.9. The summed E-state index contributed by atoms with van der Waals surface area (Å²) in [5.41, 5.74) is 3.52. The number of thiophene rings is 1. The number of rotatable bonds is 4. The number of carbonyl (C=O) groups is 1. The minimum absolute atomic E-state index is 0.187. The Morgan fingerprint density at radius 1 is 1.35 bits per heavy atom. The van der Waals surface area contributed by atoms with Gasteiger partial charge in [0.25, 0.3) is 0 Å². The number of hydrogen-bond donors (Lipinski definition) is 1. The van der Waals surface area contributed by atoms with Gasteiger partial charge in [-0.3, -0.25) is 4.79 Å². The fourth-order valence-corrected chi connectivity index (χ4v) is 2.58. The topological polar surface area (TPSA) is 37.3 Å². The third-order valence-corrected chi connectivity index (χ3v) is 3.62. The van der Waals surface area contributed by atoms with Crippen LogP contribution in [0.1, 0.15) is 17.5 Å². The highest BCUT2D eigenvalue weighted by atomic mass is 32.1. The van der Waals surface area contributed by atoms with E-state index in [-0.39, 0.29) is 6.42 Å². The summed E-state index contributed by atoms with van der Waals surface area (Å²) in [5.74, 6) is -0.747. The molecule has 0 aliphatic carbocycles. The Labute approximate surface area is 105 Å². The molecule has 2 nitrogen and oxygen atoms in total. The zero-order valence-corrected chi connectivity index (χ0v) is 10.5. The number of aryl methyl sites for hydroxylation is 2. The van der Waals surface area contributed by atoms with Gasteiger partial charge in [-0.25, -0.2) is 0 Å². The molecule has 0 unspecified atom stereocenters. The van der Waals surface area contributed by atoms with Crippen LogP contribution in [0.25, 0.3) is 10.4 Å². The average Bonchev–Trinajstić information content (AvgIpc) is 2.81. The lowest BCUT2D eigenvalue weighted by Gasteiger charge is -2.06. The molecule has 2 rings (SSSR count). The van der Waals surface area contributed by atoms with Crippen LogP contribution >= 0.6 is 11.3 Å². The molecule has 0 amide bonds. The predicted molar refractivity (Wildman–Crippen MR) is 70.4 cm³/mol. The number of carboxylic acid groups (broad SMARTS) is 1. The largest absolute Gasteiger partial charge is 0.481 e. The van der Waals surface area contributed by atoms with Gasteiger partial charge in [-0.2, -0.15) is 0 Å². The highest BCUT2D eigenvalue weighted by Crippen LogP contribution is 2.28. The van der Waals surface area contributed by atoms with Gasteiger partial charge in [0.05, 0.1) is 0 Å². The van der Waals surface area contributed by atoms with Crippen LogP contribution in [0.4, 0.5) is 0 Å². The fourth-order valence-electron chi connectivity index (χ4n) is 1.77. The molecular weight excluding hydrogens is 232 g/mol. The number of aliphatic carboxylic acids is 1. The molecule has 0 fully saturated rings. The maximum absolute atomic E-state index is 10.6. The second kappa shape index (κ2) is 5.15. The Morgan fingerprint density at radius 3 is 2.82 bits per heavy atom. The van der Waals surface area contributed by atoms with E-state index in [2.05, 4.69) is 30.5 Å². The first-order valence-electron chi connectivity index (χ1n) is 5.52. The van der Waals surface area contributed by atoms with Gasteiger partial charge in [0.2, 0.25) is 0 Å². The maximum Gasteiger partial charge on any atom is 0.303 e. The lowest BCUT2D eigenvalue weighted by molar-refractivity contribution is -0.136. The van der Waals surface area contributed by atoms with Crippen molar-refractivity contribution in [3.63, 3.8) is 0 Å². The highest BCUT2D eigenvalue weighted by Gasteiger charge is 2.05. The van der Waals surface area contributed by atoms with E-state index in [0.29, 0.717) is 6.42 Å². The van der Waals surface area contributed by atoms with Crippen molar-refractivity contribution < 1.29 is 9.90 Å². The van der Waals surface area contributed by atoms with Crippen LogP contribution in [-0.4, -0.2) is 11.1 Å². The van der Waals surface area contributed by atoms with Crippen molar-refractivity contribution in [1.82, 2.24) is 0 Å². The molecule has 17 heavy (non-hydrogen) atoms. The Morgan fingerprint density at radius 2 is 2.18 bits per heavy atom. The van der Waals surface area contributed by atoms with Gasteiger partial charge in [0.15, 0.2) is 0 Å². The first-order valence-corrected chi connectivity index (χ1v) is 6.40. The predicted octanol–water partition coefficient (Wildman–Crippen LogP) is 3.74. The van der Waals surface area contributed by atoms with Crippen LogP contribution in [0.2, 0.25) is 0 Å². The number of benzene rings is 1. The summed E-state index contributed by atoms with van der Waals surface area (Å²) in [6.45, 7) is 2.08. The van der Waals surface area contributed by atoms with E-state index in [0.717, 1.165) is 5.56 Å². The zero-order chi connectivity index (χ0) is 12.3. The van der Waals surface area contributed by atoms with Crippen LogP contribution in [0, 0.1) is 6.92 Å². The molecular formula is C14H14O2S.